The van der Waals surface area contributed by atoms with Gasteiger partial charge in [0.25, 0.3) is 0 Å². The van der Waals surface area contributed by atoms with E-state index in [1.54, 1.807) is 0 Å². The van der Waals surface area contributed by atoms with E-state index in [2.05, 4.69) is 13.8 Å². The number of phosphoric acid groups is 1. The third-order valence-corrected chi connectivity index (χ3v) is 6.79. The second-order valence-electron chi connectivity index (χ2n) is 10.4. The average Bonchev–Trinajstić information content (AvgIpc) is 2.75. The Bertz CT molecular complexity index is 601. The van der Waals surface area contributed by atoms with Crippen LogP contribution in [-0.4, -0.2) is 75.2 Å². The molecule has 2 atom stereocenters. The highest BCUT2D eigenvalue weighted by molar-refractivity contribution is 7.47. The molecule has 2 unspecified atom stereocenters. The molecule has 0 aromatic heterocycles. The van der Waals surface area contributed by atoms with E-state index in [0.29, 0.717) is 24.1 Å². The molecule has 0 aliphatic rings. The average molecular weight is 531 g/mol. The molecule has 0 amide bonds. The molecular formula is C25H51F2NO6P+. The fourth-order valence-electron chi connectivity index (χ4n) is 3.40. The first-order valence-electron chi connectivity index (χ1n) is 13.3. The lowest BCUT2D eigenvalue weighted by Gasteiger charge is -2.27. The Hall–Kier alpha value is -0.440. The molecule has 0 saturated heterocycles. The number of rotatable bonds is 24. The first kappa shape index (κ1) is 34.6. The van der Waals surface area contributed by atoms with Crippen LogP contribution in [0.4, 0.5) is 8.78 Å². The number of likely N-dealkylation sites (N-methyl/N-ethyl adjacent to an activating group) is 1. The zero-order valence-electron chi connectivity index (χ0n) is 22.7. The van der Waals surface area contributed by atoms with Crippen molar-refractivity contribution in [3.63, 3.8) is 0 Å². The number of alkyl halides is 2. The Morgan fingerprint density at radius 1 is 0.857 bits per heavy atom. The van der Waals surface area contributed by atoms with E-state index in [9.17, 15) is 14.3 Å². The highest BCUT2D eigenvalue weighted by atomic mass is 31.2. The SMILES string of the molecule is CCCCCCCCOCC(COP(=O)(O)OCC[N+](C)(C)C)C(F)(F)C(=O)CCCCCCC. The molecule has 0 rings (SSSR count). The lowest BCUT2D eigenvalue weighted by molar-refractivity contribution is -0.870. The second-order valence-corrected chi connectivity index (χ2v) is 11.8. The minimum absolute atomic E-state index is 0.0659. The van der Waals surface area contributed by atoms with Crippen molar-refractivity contribution in [1.29, 1.82) is 0 Å². The van der Waals surface area contributed by atoms with Crippen molar-refractivity contribution >= 4 is 13.6 Å². The van der Waals surface area contributed by atoms with Gasteiger partial charge in [-0.3, -0.25) is 13.8 Å². The van der Waals surface area contributed by atoms with E-state index < -0.39 is 38.7 Å². The standard InChI is InChI=1S/C25H50F2NO6P/c1-6-8-10-12-14-16-19-32-21-23(22-34-35(30,31)33-20-18-28(3,4)5)25(26,27)24(29)17-15-13-11-9-7-2/h23H,6-22H2,1-5H3/p+1. The number of ketones is 1. The molecule has 0 heterocycles. The Morgan fingerprint density at radius 3 is 1.97 bits per heavy atom. The van der Waals surface area contributed by atoms with Gasteiger partial charge in [0.05, 0.1) is 40.3 Å². The predicted molar refractivity (Wildman–Crippen MR) is 136 cm³/mol. The molecule has 35 heavy (non-hydrogen) atoms. The number of ether oxygens (including phenoxy) is 1. The van der Waals surface area contributed by atoms with E-state index in [4.69, 9.17) is 13.8 Å². The van der Waals surface area contributed by atoms with Gasteiger partial charge in [0.1, 0.15) is 13.2 Å². The van der Waals surface area contributed by atoms with Gasteiger partial charge in [-0.15, -0.1) is 0 Å². The number of Topliss-reactive ketones (excluding diaryl/α,β-unsaturated/α-hetero) is 1. The van der Waals surface area contributed by atoms with Gasteiger partial charge in [-0.05, 0) is 12.8 Å². The molecule has 0 aliphatic heterocycles. The number of hydrogen-bond acceptors (Lipinski definition) is 5. The van der Waals surface area contributed by atoms with Crippen LogP contribution in [0.15, 0.2) is 0 Å². The van der Waals surface area contributed by atoms with Gasteiger partial charge < -0.3 is 14.1 Å². The maximum absolute atomic E-state index is 15.0. The van der Waals surface area contributed by atoms with E-state index >= 15 is 8.78 Å². The number of phosphoric ester groups is 1. The van der Waals surface area contributed by atoms with Crippen molar-refractivity contribution in [2.45, 2.75) is 96.8 Å². The highest BCUT2D eigenvalue weighted by Gasteiger charge is 2.47. The van der Waals surface area contributed by atoms with Crippen LogP contribution in [-0.2, 0) is 23.1 Å². The topological polar surface area (TPSA) is 82.1 Å². The van der Waals surface area contributed by atoms with Gasteiger partial charge in [-0.25, -0.2) is 4.57 Å². The molecule has 210 valence electrons. The van der Waals surface area contributed by atoms with Gasteiger partial charge in [0.2, 0.25) is 5.78 Å². The summed E-state index contributed by atoms with van der Waals surface area (Å²) in [6.45, 7) is 3.63. The first-order chi connectivity index (χ1) is 16.4. The lowest BCUT2D eigenvalue weighted by Crippen LogP contribution is -2.42. The fourth-order valence-corrected chi connectivity index (χ4v) is 4.16. The van der Waals surface area contributed by atoms with Gasteiger partial charge in [-0.2, -0.15) is 8.78 Å². The fraction of sp³-hybridized carbons (Fsp3) is 0.960. The minimum Gasteiger partial charge on any atom is -0.381 e. The largest absolute Gasteiger partial charge is 0.472 e. The van der Waals surface area contributed by atoms with Crippen LogP contribution in [0.2, 0.25) is 0 Å². The summed E-state index contributed by atoms with van der Waals surface area (Å²) in [5, 5.41) is 0. The molecule has 1 N–H and O–H groups in total. The number of quaternary nitrogens is 1. The molecule has 0 fully saturated rings. The molecule has 10 heteroatoms. The Kier molecular flexibility index (Phi) is 18.5. The summed E-state index contributed by atoms with van der Waals surface area (Å²) >= 11 is 0. The third kappa shape index (κ3) is 18.5. The van der Waals surface area contributed by atoms with Crippen molar-refractivity contribution < 1.29 is 41.3 Å². The van der Waals surface area contributed by atoms with Crippen LogP contribution < -0.4 is 0 Å². The number of hydrogen-bond donors (Lipinski definition) is 1. The smallest absolute Gasteiger partial charge is 0.381 e. The van der Waals surface area contributed by atoms with Crippen LogP contribution in [0.5, 0.6) is 0 Å². The summed E-state index contributed by atoms with van der Waals surface area (Å²) in [6.07, 6.45) is 10.0. The summed E-state index contributed by atoms with van der Waals surface area (Å²) in [7, 11) is 1.12. The minimum atomic E-state index is -4.54. The van der Waals surface area contributed by atoms with Crippen LogP contribution in [0.1, 0.15) is 90.9 Å². The Morgan fingerprint density at radius 2 is 1.40 bits per heavy atom. The van der Waals surface area contributed by atoms with Crippen molar-refractivity contribution in [2.75, 3.05) is 54.1 Å². The number of nitrogens with zero attached hydrogens (tertiary/aromatic N) is 1. The predicted octanol–water partition coefficient (Wildman–Crippen LogP) is 6.38. The van der Waals surface area contributed by atoms with Gasteiger partial charge in [-0.1, -0.05) is 71.6 Å². The van der Waals surface area contributed by atoms with E-state index in [1.807, 2.05) is 21.1 Å². The summed E-state index contributed by atoms with van der Waals surface area (Å²) < 4.78 is 58.0. The number of carbonyl (C=O) groups excluding carboxylic acids is 1. The molecule has 0 bridgehead atoms. The van der Waals surface area contributed by atoms with Gasteiger partial charge in [0, 0.05) is 13.0 Å². The molecule has 0 aromatic carbocycles. The summed E-state index contributed by atoms with van der Waals surface area (Å²) in [6, 6.07) is 0. The Balaban J connectivity index is 4.88. The second kappa shape index (κ2) is 18.8. The normalized spacial score (nSPS) is 15.2. The number of unbranched alkanes of at least 4 members (excludes halogenated alkanes) is 9. The third-order valence-electron chi connectivity index (χ3n) is 5.81. The maximum Gasteiger partial charge on any atom is 0.472 e. The summed E-state index contributed by atoms with van der Waals surface area (Å²) in [4.78, 5) is 22.3. The van der Waals surface area contributed by atoms with Crippen LogP contribution in [0.25, 0.3) is 0 Å². The molecule has 0 aromatic rings. The maximum atomic E-state index is 15.0. The van der Waals surface area contributed by atoms with Crippen molar-refractivity contribution in [1.82, 2.24) is 0 Å². The number of halogens is 2. The Labute approximate surface area is 212 Å². The van der Waals surface area contributed by atoms with Crippen LogP contribution >= 0.6 is 7.82 Å². The van der Waals surface area contributed by atoms with Crippen molar-refractivity contribution in [3.8, 4) is 0 Å². The molecule has 0 aliphatic carbocycles. The van der Waals surface area contributed by atoms with E-state index in [0.717, 1.165) is 57.8 Å². The molecule has 0 radical (unpaired) electrons. The van der Waals surface area contributed by atoms with Gasteiger partial charge >= 0.3 is 13.7 Å². The van der Waals surface area contributed by atoms with Gasteiger partial charge in [0.15, 0.2) is 0 Å². The summed E-state index contributed by atoms with van der Waals surface area (Å²) in [5.74, 6) is -6.55. The molecular weight excluding hydrogens is 479 g/mol. The summed E-state index contributed by atoms with van der Waals surface area (Å²) in [5.41, 5.74) is 0. The van der Waals surface area contributed by atoms with Crippen LogP contribution in [0.3, 0.4) is 0 Å². The van der Waals surface area contributed by atoms with E-state index in [1.165, 1.54) is 6.42 Å². The van der Waals surface area contributed by atoms with Crippen LogP contribution in [0, 0.1) is 5.92 Å². The molecule has 0 spiro atoms. The van der Waals surface area contributed by atoms with E-state index in [-0.39, 0.29) is 13.0 Å². The highest BCUT2D eigenvalue weighted by Crippen LogP contribution is 2.44. The van der Waals surface area contributed by atoms with Crippen molar-refractivity contribution in [2.24, 2.45) is 5.92 Å². The van der Waals surface area contributed by atoms with Crippen molar-refractivity contribution in [3.05, 3.63) is 0 Å². The zero-order chi connectivity index (χ0) is 26.8. The zero-order valence-corrected chi connectivity index (χ0v) is 23.6. The lowest BCUT2D eigenvalue weighted by atomic mass is 9.95. The quantitative estimate of drug-likeness (QED) is 0.0885. The molecule has 0 saturated carbocycles. The number of carbonyl (C=O) groups is 1. The monoisotopic (exact) mass is 530 g/mol. The first-order valence-corrected chi connectivity index (χ1v) is 14.8. The molecule has 7 nitrogen and oxygen atoms in total.